The maximum absolute atomic E-state index is 5.28. The summed E-state index contributed by atoms with van der Waals surface area (Å²) in [4.78, 5) is 0. The van der Waals surface area contributed by atoms with Crippen LogP contribution in [-0.4, -0.2) is 11.1 Å². The topological polar surface area (TPSA) is 13.1 Å². The Morgan fingerprint density at radius 2 is 2.29 bits per heavy atom. The Hall–Kier alpha value is 0.110. The summed E-state index contributed by atoms with van der Waals surface area (Å²) in [7, 11) is 0. The molecular weight excluding hydrogens is 260 g/mol. The number of thioether (sulfide) groups is 1. The van der Waals surface area contributed by atoms with Gasteiger partial charge in [-0.25, -0.2) is 0 Å². The molecule has 1 unspecified atom stereocenters. The number of halogens is 1. The van der Waals surface area contributed by atoms with Gasteiger partial charge in [-0.15, -0.1) is 0 Å². The lowest BCUT2D eigenvalue weighted by molar-refractivity contribution is 0.474. The van der Waals surface area contributed by atoms with E-state index >= 15 is 0 Å². The second kappa shape index (κ2) is 6.57. The highest BCUT2D eigenvalue weighted by Crippen LogP contribution is 2.22. The summed E-state index contributed by atoms with van der Waals surface area (Å²) < 4.78 is 5.28. The highest BCUT2D eigenvalue weighted by molar-refractivity contribution is 9.09. The van der Waals surface area contributed by atoms with E-state index in [4.69, 9.17) is 4.42 Å². The Morgan fingerprint density at radius 3 is 2.79 bits per heavy atom. The van der Waals surface area contributed by atoms with Crippen molar-refractivity contribution >= 4 is 27.7 Å². The largest absolute Gasteiger partial charge is 0.468 e. The fraction of sp³-hybridized carbons (Fsp3) is 0.636. The van der Waals surface area contributed by atoms with Gasteiger partial charge in [0.2, 0.25) is 0 Å². The van der Waals surface area contributed by atoms with Crippen molar-refractivity contribution in [3.63, 3.8) is 0 Å². The number of hydrogen-bond donors (Lipinski definition) is 0. The predicted molar refractivity (Wildman–Crippen MR) is 67.0 cm³/mol. The quantitative estimate of drug-likeness (QED) is 0.724. The summed E-state index contributed by atoms with van der Waals surface area (Å²) in [6.45, 7) is 4.55. The molecule has 0 saturated heterocycles. The lowest BCUT2D eigenvalue weighted by Crippen LogP contribution is -2.13. The van der Waals surface area contributed by atoms with Gasteiger partial charge in [-0.05, 0) is 29.7 Å². The molecule has 1 aromatic heterocycles. The third kappa shape index (κ3) is 4.09. The molecule has 0 amide bonds. The number of rotatable bonds is 6. The molecule has 3 heteroatoms. The second-order valence-electron chi connectivity index (χ2n) is 3.75. The van der Waals surface area contributed by atoms with Crippen molar-refractivity contribution in [3.8, 4) is 0 Å². The lowest BCUT2D eigenvalue weighted by Gasteiger charge is -2.16. The molecule has 0 spiro atoms. The minimum Gasteiger partial charge on any atom is -0.468 e. The zero-order chi connectivity index (χ0) is 10.4. The van der Waals surface area contributed by atoms with E-state index in [-0.39, 0.29) is 0 Å². The molecule has 0 radical (unpaired) electrons. The first-order chi connectivity index (χ1) is 6.74. The molecule has 1 atom stereocenters. The fourth-order valence-electron chi connectivity index (χ4n) is 1.12. The van der Waals surface area contributed by atoms with Gasteiger partial charge >= 0.3 is 0 Å². The number of hydrogen-bond acceptors (Lipinski definition) is 2. The zero-order valence-corrected chi connectivity index (χ0v) is 11.1. The molecule has 0 aliphatic carbocycles. The lowest BCUT2D eigenvalue weighted by atomic mass is 10.0. The zero-order valence-electron chi connectivity index (χ0n) is 8.70. The van der Waals surface area contributed by atoms with Gasteiger partial charge in [0, 0.05) is 5.33 Å². The molecule has 1 rings (SSSR count). The van der Waals surface area contributed by atoms with Crippen LogP contribution in [0.2, 0.25) is 0 Å². The molecular formula is C11H17BrOS. The molecule has 0 fully saturated rings. The maximum Gasteiger partial charge on any atom is 0.113 e. The van der Waals surface area contributed by atoms with Crippen LogP contribution < -0.4 is 0 Å². The summed E-state index contributed by atoms with van der Waals surface area (Å²) in [5.41, 5.74) is 0. The molecule has 0 aromatic carbocycles. The Labute approximate surface area is 98.8 Å². The van der Waals surface area contributed by atoms with E-state index in [9.17, 15) is 0 Å². The standard InChI is InChI=1S/C11H17BrOS/c1-9(2)10(6-12)7-14-8-11-4-3-5-13-11/h3-5,9-10H,6-8H2,1-2H3. The van der Waals surface area contributed by atoms with Crippen LogP contribution in [0, 0.1) is 11.8 Å². The van der Waals surface area contributed by atoms with E-state index < -0.39 is 0 Å². The number of furan rings is 1. The van der Waals surface area contributed by atoms with E-state index in [0.29, 0.717) is 0 Å². The van der Waals surface area contributed by atoms with Gasteiger partial charge in [0.05, 0.1) is 12.0 Å². The summed E-state index contributed by atoms with van der Waals surface area (Å²) in [6, 6.07) is 3.98. The fourth-order valence-corrected chi connectivity index (χ4v) is 3.69. The maximum atomic E-state index is 5.28. The Balaban J connectivity index is 2.20. The van der Waals surface area contributed by atoms with E-state index in [2.05, 4.69) is 29.8 Å². The van der Waals surface area contributed by atoms with Crippen LogP contribution in [-0.2, 0) is 5.75 Å². The van der Waals surface area contributed by atoms with Crippen LogP contribution in [0.5, 0.6) is 0 Å². The van der Waals surface area contributed by atoms with Crippen LogP contribution >= 0.6 is 27.7 Å². The van der Waals surface area contributed by atoms with Gasteiger partial charge in [-0.3, -0.25) is 0 Å². The first-order valence-electron chi connectivity index (χ1n) is 4.90. The monoisotopic (exact) mass is 276 g/mol. The predicted octanol–water partition coefficient (Wildman–Crippen LogP) is 4.18. The molecule has 0 aliphatic heterocycles. The third-order valence-electron chi connectivity index (χ3n) is 2.30. The van der Waals surface area contributed by atoms with Crippen LogP contribution in [0.1, 0.15) is 19.6 Å². The van der Waals surface area contributed by atoms with Gasteiger partial charge in [0.1, 0.15) is 5.76 Å². The van der Waals surface area contributed by atoms with Crippen molar-refractivity contribution in [1.82, 2.24) is 0 Å². The highest BCUT2D eigenvalue weighted by atomic mass is 79.9. The van der Waals surface area contributed by atoms with E-state index in [0.717, 1.165) is 28.7 Å². The van der Waals surface area contributed by atoms with Crippen molar-refractivity contribution in [2.24, 2.45) is 11.8 Å². The molecule has 1 nitrogen and oxygen atoms in total. The molecule has 1 heterocycles. The van der Waals surface area contributed by atoms with Crippen LogP contribution in [0.3, 0.4) is 0 Å². The second-order valence-corrected chi connectivity index (χ2v) is 5.43. The highest BCUT2D eigenvalue weighted by Gasteiger charge is 2.11. The minimum atomic E-state index is 0.749. The normalized spacial score (nSPS) is 13.4. The van der Waals surface area contributed by atoms with Gasteiger partial charge in [0.25, 0.3) is 0 Å². The summed E-state index contributed by atoms with van der Waals surface area (Å²) >= 11 is 5.51. The molecule has 0 saturated carbocycles. The smallest absolute Gasteiger partial charge is 0.113 e. The van der Waals surface area contributed by atoms with Crippen molar-refractivity contribution in [1.29, 1.82) is 0 Å². The van der Waals surface area contributed by atoms with Crippen molar-refractivity contribution < 1.29 is 4.42 Å². The molecule has 1 aromatic rings. The Morgan fingerprint density at radius 1 is 1.50 bits per heavy atom. The Bertz CT molecular complexity index is 233. The van der Waals surface area contributed by atoms with Gasteiger partial charge in [-0.1, -0.05) is 29.8 Å². The van der Waals surface area contributed by atoms with E-state index in [1.54, 1.807) is 6.26 Å². The molecule has 14 heavy (non-hydrogen) atoms. The van der Waals surface area contributed by atoms with E-state index in [1.165, 1.54) is 5.75 Å². The SMILES string of the molecule is CC(C)C(CBr)CSCc1ccco1. The molecule has 80 valence electrons. The summed E-state index contributed by atoms with van der Waals surface area (Å²) in [5.74, 6) is 4.77. The molecule has 0 bridgehead atoms. The number of alkyl halides is 1. The summed E-state index contributed by atoms with van der Waals surface area (Å²) in [5, 5.41) is 1.09. The average Bonchev–Trinajstić information content (AvgIpc) is 2.64. The van der Waals surface area contributed by atoms with Crippen molar-refractivity contribution in [3.05, 3.63) is 24.2 Å². The van der Waals surface area contributed by atoms with Gasteiger partial charge in [0.15, 0.2) is 0 Å². The first-order valence-corrected chi connectivity index (χ1v) is 7.17. The van der Waals surface area contributed by atoms with Gasteiger partial charge in [-0.2, -0.15) is 11.8 Å². The van der Waals surface area contributed by atoms with Crippen LogP contribution in [0.4, 0.5) is 0 Å². The Kier molecular flexibility index (Phi) is 5.71. The first kappa shape index (κ1) is 12.2. The van der Waals surface area contributed by atoms with Crippen LogP contribution in [0.15, 0.2) is 22.8 Å². The van der Waals surface area contributed by atoms with Crippen molar-refractivity contribution in [2.75, 3.05) is 11.1 Å². The molecule has 0 N–H and O–H groups in total. The van der Waals surface area contributed by atoms with E-state index in [1.807, 2.05) is 23.9 Å². The molecule has 0 aliphatic rings. The average molecular weight is 277 g/mol. The minimum absolute atomic E-state index is 0.749. The van der Waals surface area contributed by atoms with Crippen molar-refractivity contribution in [2.45, 2.75) is 19.6 Å². The van der Waals surface area contributed by atoms with Gasteiger partial charge < -0.3 is 4.42 Å². The summed E-state index contributed by atoms with van der Waals surface area (Å²) in [6.07, 6.45) is 1.74. The third-order valence-corrected chi connectivity index (χ3v) is 4.28. The van der Waals surface area contributed by atoms with Crippen LogP contribution in [0.25, 0.3) is 0 Å².